The van der Waals surface area contributed by atoms with Gasteiger partial charge in [0.25, 0.3) is 0 Å². The van der Waals surface area contributed by atoms with Gasteiger partial charge in [-0.2, -0.15) is 4.98 Å². The Balaban J connectivity index is 1.99. The molecule has 1 aliphatic carbocycles. The van der Waals surface area contributed by atoms with Gasteiger partial charge in [-0.3, -0.25) is 9.69 Å². The molecule has 5 nitrogen and oxygen atoms in total. The minimum atomic E-state index is -0.123. The van der Waals surface area contributed by atoms with Crippen molar-refractivity contribution in [2.45, 2.75) is 44.7 Å². The number of carbonyl (C=O) groups is 1. The Bertz CT molecular complexity index is 446. The highest BCUT2D eigenvalue weighted by Gasteiger charge is 2.44. The Morgan fingerprint density at radius 2 is 2.32 bits per heavy atom. The van der Waals surface area contributed by atoms with E-state index in [1.807, 2.05) is 11.9 Å². The quantitative estimate of drug-likeness (QED) is 0.884. The van der Waals surface area contributed by atoms with Crippen molar-refractivity contribution in [2.75, 3.05) is 11.9 Å². The van der Waals surface area contributed by atoms with E-state index < -0.39 is 0 Å². The van der Waals surface area contributed by atoms with Crippen LogP contribution in [0.15, 0.2) is 17.1 Å². The Hall–Kier alpha value is -1.36. The predicted octanol–water partition coefficient (Wildman–Crippen LogP) is 1.80. The highest BCUT2D eigenvalue weighted by atomic mass is 16.3. The number of hydrogen-bond donors (Lipinski definition) is 1. The first-order valence-corrected chi connectivity index (χ1v) is 7.11. The minimum absolute atomic E-state index is 0.123. The fraction of sp³-hybridized carbons (Fsp3) is 0.714. The zero-order chi connectivity index (χ0) is 13.4. The summed E-state index contributed by atoms with van der Waals surface area (Å²) in [5, 5.41) is 3.18. The number of rotatable bonds is 2. The summed E-state index contributed by atoms with van der Waals surface area (Å²) < 4.78 is 5.08. The summed E-state index contributed by atoms with van der Waals surface area (Å²) in [6.45, 7) is 2.17. The standard InChI is InChI=1S/C14H21N3O2/c1-9-6-10-4-3-5-11(10)17(12-7-19-8-16-12)14(18)13(9)15-2/h7-11,13,15H,3-6H2,1-2H3. The Morgan fingerprint density at radius 3 is 3.00 bits per heavy atom. The molecule has 1 saturated heterocycles. The molecule has 19 heavy (non-hydrogen) atoms. The van der Waals surface area contributed by atoms with E-state index in [1.165, 1.54) is 19.2 Å². The smallest absolute Gasteiger partial charge is 0.245 e. The second-order valence-electron chi connectivity index (χ2n) is 5.79. The molecule has 1 amide bonds. The van der Waals surface area contributed by atoms with Crippen LogP contribution in [0.5, 0.6) is 0 Å². The first-order valence-electron chi connectivity index (χ1n) is 7.11. The fourth-order valence-electron chi connectivity index (χ4n) is 3.82. The summed E-state index contributed by atoms with van der Waals surface area (Å²) in [4.78, 5) is 18.9. The van der Waals surface area contributed by atoms with Crippen molar-refractivity contribution in [3.8, 4) is 0 Å². The maximum Gasteiger partial charge on any atom is 0.245 e. The zero-order valence-electron chi connectivity index (χ0n) is 11.5. The lowest BCUT2D eigenvalue weighted by Gasteiger charge is -2.29. The molecule has 0 aromatic carbocycles. The summed E-state index contributed by atoms with van der Waals surface area (Å²) in [5.41, 5.74) is 0. The van der Waals surface area contributed by atoms with Crippen LogP contribution in [-0.2, 0) is 4.79 Å². The largest absolute Gasteiger partial charge is 0.449 e. The van der Waals surface area contributed by atoms with Crippen LogP contribution in [0.3, 0.4) is 0 Å². The average Bonchev–Trinajstić information content (AvgIpc) is 3.02. The molecular formula is C14H21N3O2. The Morgan fingerprint density at radius 1 is 1.47 bits per heavy atom. The SMILES string of the molecule is CNC1C(=O)N(c2cocn2)C2CCCC2CC1C. The Kier molecular flexibility index (Phi) is 3.31. The molecule has 1 saturated carbocycles. The van der Waals surface area contributed by atoms with E-state index in [-0.39, 0.29) is 11.9 Å². The molecule has 1 N–H and O–H groups in total. The van der Waals surface area contributed by atoms with Gasteiger partial charge in [0.05, 0.1) is 6.04 Å². The van der Waals surface area contributed by atoms with E-state index in [1.54, 1.807) is 6.26 Å². The van der Waals surface area contributed by atoms with Gasteiger partial charge in [0.1, 0.15) is 6.26 Å². The minimum Gasteiger partial charge on any atom is -0.449 e. The molecule has 1 aromatic heterocycles. The molecule has 5 heteroatoms. The third-order valence-electron chi connectivity index (χ3n) is 4.67. The topological polar surface area (TPSA) is 58.4 Å². The van der Waals surface area contributed by atoms with E-state index >= 15 is 0 Å². The van der Waals surface area contributed by atoms with Gasteiger partial charge in [0, 0.05) is 6.04 Å². The van der Waals surface area contributed by atoms with E-state index in [0.29, 0.717) is 23.7 Å². The molecular weight excluding hydrogens is 242 g/mol. The first kappa shape index (κ1) is 12.7. The molecule has 3 rings (SSSR count). The maximum atomic E-state index is 12.8. The van der Waals surface area contributed by atoms with Gasteiger partial charge < -0.3 is 9.73 Å². The predicted molar refractivity (Wildman–Crippen MR) is 71.7 cm³/mol. The summed E-state index contributed by atoms with van der Waals surface area (Å²) in [7, 11) is 1.86. The van der Waals surface area contributed by atoms with Crippen LogP contribution in [0.1, 0.15) is 32.6 Å². The molecule has 4 unspecified atom stereocenters. The number of aromatic nitrogens is 1. The van der Waals surface area contributed by atoms with Crippen LogP contribution in [0.2, 0.25) is 0 Å². The van der Waals surface area contributed by atoms with Crippen molar-refractivity contribution in [1.29, 1.82) is 0 Å². The Labute approximate surface area is 113 Å². The molecule has 104 valence electrons. The van der Waals surface area contributed by atoms with Crippen LogP contribution in [0.25, 0.3) is 0 Å². The normalized spacial score (nSPS) is 35.3. The summed E-state index contributed by atoms with van der Waals surface area (Å²) >= 11 is 0. The van der Waals surface area contributed by atoms with E-state index in [9.17, 15) is 4.79 Å². The number of amides is 1. The fourth-order valence-corrected chi connectivity index (χ4v) is 3.82. The van der Waals surface area contributed by atoms with E-state index in [0.717, 1.165) is 12.8 Å². The van der Waals surface area contributed by atoms with Gasteiger partial charge >= 0.3 is 0 Å². The monoisotopic (exact) mass is 263 g/mol. The van der Waals surface area contributed by atoms with Crippen molar-refractivity contribution in [3.63, 3.8) is 0 Å². The van der Waals surface area contributed by atoms with Crippen LogP contribution >= 0.6 is 0 Å². The zero-order valence-corrected chi connectivity index (χ0v) is 11.5. The van der Waals surface area contributed by atoms with Crippen molar-refractivity contribution in [2.24, 2.45) is 11.8 Å². The van der Waals surface area contributed by atoms with Gasteiger partial charge in [-0.25, -0.2) is 0 Å². The third-order valence-corrected chi connectivity index (χ3v) is 4.67. The lowest BCUT2D eigenvalue weighted by molar-refractivity contribution is -0.121. The number of anilines is 1. The highest BCUT2D eigenvalue weighted by molar-refractivity contribution is 5.97. The van der Waals surface area contributed by atoms with E-state index in [2.05, 4.69) is 17.2 Å². The number of fused-ring (bicyclic) bond motifs is 1. The van der Waals surface area contributed by atoms with E-state index in [4.69, 9.17) is 4.42 Å². The summed E-state index contributed by atoms with van der Waals surface area (Å²) in [6.07, 6.45) is 7.58. The number of nitrogens with zero attached hydrogens (tertiary/aromatic N) is 2. The van der Waals surface area contributed by atoms with Gasteiger partial charge in [-0.15, -0.1) is 0 Å². The maximum absolute atomic E-state index is 12.8. The van der Waals surface area contributed by atoms with Crippen molar-refractivity contribution >= 4 is 11.7 Å². The highest BCUT2D eigenvalue weighted by Crippen LogP contribution is 2.40. The molecule has 2 aliphatic rings. The molecule has 2 fully saturated rings. The molecule has 1 aromatic rings. The van der Waals surface area contributed by atoms with Crippen LogP contribution in [0, 0.1) is 11.8 Å². The van der Waals surface area contributed by atoms with Gasteiger partial charge in [0.2, 0.25) is 5.91 Å². The lowest BCUT2D eigenvalue weighted by atomic mass is 9.90. The van der Waals surface area contributed by atoms with Crippen LogP contribution in [-0.4, -0.2) is 30.0 Å². The second kappa shape index (κ2) is 4.96. The third kappa shape index (κ3) is 2.06. The molecule has 0 radical (unpaired) electrons. The van der Waals surface area contributed by atoms with Crippen molar-refractivity contribution < 1.29 is 9.21 Å². The number of hydrogen-bond acceptors (Lipinski definition) is 4. The van der Waals surface area contributed by atoms with Crippen LogP contribution < -0.4 is 10.2 Å². The summed E-state index contributed by atoms with van der Waals surface area (Å²) in [5.74, 6) is 1.75. The number of carbonyl (C=O) groups excluding carboxylic acids is 1. The molecule has 0 bridgehead atoms. The van der Waals surface area contributed by atoms with Gasteiger partial charge in [-0.1, -0.05) is 13.3 Å². The molecule has 2 heterocycles. The molecule has 1 aliphatic heterocycles. The average molecular weight is 263 g/mol. The molecule has 4 atom stereocenters. The van der Waals surface area contributed by atoms with Gasteiger partial charge in [-0.05, 0) is 38.1 Å². The van der Waals surface area contributed by atoms with Crippen LogP contribution in [0.4, 0.5) is 5.82 Å². The number of likely N-dealkylation sites (N-methyl/N-ethyl adjacent to an activating group) is 1. The number of nitrogens with one attached hydrogen (secondary N) is 1. The van der Waals surface area contributed by atoms with Crippen molar-refractivity contribution in [1.82, 2.24) is 10.3 Å². The number of oxazole rings is 1. The second-order valence-corrected chi connectivity index (χ2v) is 5.79. The lowest BCUT2D eigenvalue weighted by Crippen LogP contribution is -2.50. The van der Waals surface area contributed by atoms with Crippen molar-refractivity contribution in [3.05, 3.63) is 12.7 Å². The van der Waals surface area contributed by atoms with Gasteiger partial charge in [0.15, 0.2) is 12.2 Å². The molecule has 0 spiro atoms. The summed E-state index contributed by atoms with van der Waals surface area (Å²) in [6, 6.07) is 0.167. The first-order chi connectivity index (χ1) is 9.22.